The van der Waals surface area contributed by atoms with E-state index in [0.717, 1.165) is 10.4 Å². The molecule has 1 amide bonds. The molecule has 0 atom stereocenters. The number of rotatable bonds is 8. The summed E-state index contributed by atoms with van der Waals surface area (Å²) in [6.45, 7) is 3.37. The van der Waals surface area contributed by atoms with Gasteiger partial charge in [-0.05, 0) is 31.5 Å². The maximum absolute atomic E-state index is 13.2. The SMILES string of the molecule is CN(C(=O)CCl)C(C)(C)c1nc(-c2ncc(Cc3ccc(F)cc3)s2)c(OC(=O)CCl)c(=O)[nH]1. The number of amides is 1. The maximum Gasteiger partial charge on any atom is 0.326 e. The molecule has 34 heavy (non-hydrogen) atoms. The first-order chi connectivity index (χ1) is 16.1. The van der Waals surface area contributed by atoms with Gasteiger partial charge in [0.15, 0.2) is 0 Å². The van der Waals surface area contributed by atoms with E-state index in [1.807, 2.05) is 0 Å². The summed E-state index contributed by atoms with van der Waals surface area (Å²) in [4.78, 5) is 50.6. The first-order valence-corrected chi connectivity index (χ1v) is 11.9. The Kier molecular flexibility index (Phi) is 8.06. The predicted molar refractivity (Wildman–Crippen MR) is 128 cm³/mol. The maximum atomic E-state index is 13.2. The summed E-state index contributed by atoms with van der Waals surface area (Å²) in [5, 5.41) is 0.323. The number of halogens is 3. The molecule has 180 valence electrons. The largest absolute Gasteiger partial charge is 0.417 e. The number of carbonyl (C=O) groups is 2. The van der Waals surface area contributed by atoms with E-state index in [-0.39, 0.29) is 34.9 Å². The number of ether oxygens (including phenoxy) is 1. The highest BCUT2D eigenvalue weighted by Crippen LogP contribution is 2.33. The number of carbonyl (C=O) groups excluding carboxylic acids is 2. The molecule has 0 aliphatic rings. The number of hydrogen-bond acceptors (Lipinski definition) is 7. The van der Waals surface area contributed by atoms with Crippen molar-refractivity contribution in [1.29, 1.82) is 0 Å². The molecule has 3 aromatic rings. The fraction of sp³-hybridized carbons (Fsp3) is 0.318. The molecule has 2 aromatic heterocycles. The van der Waals surface area contributed by atoms with Crippen LogP contribution in [-0.4, -0.2) is 50.5 Å². The molecule has 3 rings (SSSR count). The zero-order chi connectivity index (χ0) is 25.0. The van der Waals surface area contributed by atoms with Gasteiger partial charge in [-0.3, -0.25) is 14.4 Å². The number of esters is 1. The van der Waals surface area contributed by atoms with Crippen LogP contribution in [0, 0.1) is 5.82 Å². The Hall–Kier alpha value is -2.82. The standard InChI is InChI=1S/C22H21Cl2FN4O4S/c1-22(2,29(3)15(30)9-23)21-27-17(18(19(32)28-21)33-16(31)10-24)20-26-11-14(34-20)8-12-4-6-13(25)7-5-12/h4-7,11H,8-10H2,1-3H3,(H,27,28,32). The average molecular weight is 527 g/mol. The van der Waals surface area contributed by atoms with Crippen molar-refractivity contribution in [1.82, 2.24) is 19.9 Å². The second kappa shape index (κ2) is 10.6. The van der Waals surface area contributed by atoms with Gasteiger partial charge in [0.05, 0.1) is 5.54 Å². The van der Waals surface area contributed by atoms with Crippen LogP contribution >= 0.6 is 34.5 Å². The summed E-state index contributed by atoms with van der Waals surface area (Å²) in [5.74, 6) is -2.45. The molecule has 0 fully saturated rings. The number of nitrogens with zero attached hydrogens (tertiary/aromatic N) is 3. The minimum absolute atomic E-state index is 0.0346. The van der Waals surface area contributed by atoms with Gasteiger partial charge in [-0.25, -0.2) is 14.4 Å². The highest BCUT2D eigenvalue weighted by molar-refractivity contribution is 7.15. The zero-order valence-corrected chi connectivity index (χ0v) is 20.9. The first kappa shape index (κ1) is 25.8. The summed E-state index contributed by atoms with van der Waals surface area (Å²) in [7, 11) is 1.54. The van der Waals surface area contributed by atoms with Gasteiger partial charge in [0.2, 0.25) is 11.7 Å². The van der Waals surface area contributed by atoms with Crippen molar-refractivity contribution in [3.63, 3.8) is 0 Å². The van der Waals surface area contributed by atoms with Crippen LogP contribution in [0.1, 0.15) is 30.1 Å². The zero-order valence-electron chi connectivity index (χ0n) is 18.5. The summed E-state index contributed by atoms with van der Waals surface area (Å²) < 4.78 is 18.4. The Morgan fingerprint density at radius 2 is 1.88 bits per heavy atom. The average Bonchev–Trinajstić information content (AvgIpc) is 3.28. The highest BCUT2D eigenvalue weighted by Gasteiger charge is 2.34. The van der Waals surface area contributed by atoms with Crippen LogP contribution in [0.15, 0.2) is 35.3 Å². The minimum atomic E-state index is -1.05. The third-order valence-corrected chi connectivity index (χ3v) is 6.61. The first-order valence-electron chi connectivity index (χ1n) is 10.0. The van der Waals surface area contributed by atoms with Crippen LogP contribution in [0.5, 0.6) is 5.75 Å². The Balaban J connectivity index is 2.07. The van der Waals surface area contributed by atoms with E-state index in [2.05, 4.69) is 15.0 Å². The molecule has 8 nitrogen and oxygen atoms in total. The molecule has 0 radical (unpaired) electrons. The second-order valence-electron chi connectivity index (χ2n) is 7.78. The number of nitrogens with one attached hydrogen (secondary N) is 1. The normalized spacial score (nSPS) is 11.4. The summed E-state index contributed by atoms with van der Waals surface area (Å²) >= 11 is 12.5. The smallest absolute Gasteiger partial charge is 0.326 e. The summed E-state index contributed by atoms with van der Waals surface area (Å²) in [5.41, 5.74) is -0.878. The molecule has 0 saturated carbocycles. The van der Waals surface area contributed by atoms with E-state index in [1.54, 1.807) is 32.2 Å². The van der Waals surface area contributed by atoms with Crippen molar-refractivity contribution in [2.45, 2.75) is 25.8 Å². The molecule has 0 aliphatic heterocycles. The lowest BCUT2D eigenvalue weighted by molar-refractivity contribution is -0.132. The van der Waals surface area contributed by atoms with Crippen LogP contribution in [0.2, 0.25) is 0 Å². The number of hydrogen-bond donors (Lipinski definition) is 1. The number of aromatic nitrogens is 3. The molecular formula is C22H21Cl2FN4O4S. The quantitative estimate of drug-likeness (QED) is 0.354. The van der Waals surface area contributed by atoms with Gasteiger partial charge in [0, 0.05) is 24.5 Å². The molecule has 0 spiro atoms. The number of thiazole rings is 1. The van der Waals surface area contributed by atoms with Gasteiger partial charge in [-0.2, -0.15) is 0 Å². The summed E-state index contributed by atoms with van der Waals surface area (Å²) in [6, 6.07) is 6.06. The van der Waals surface area contributed by atoms with E-state index < -0.39 is 22.9 Å². The number of benzene rings is 1. The van der Waals surface area contributed by atoms with Crippen LogP contribution in [0.4, 0.5) is 4.39 Å². The number of aromatic amines is 1. The molecule has 2 heterocycles. The fourth-order valence-electron chi connectivity index (χ4n) is 3.00. The van der Waals surface area contributed by atoms with Crippen molar-refractivity contribution in [2.24, 2.45) is 0 Å². The Morgan fingerprint density at radius 1 is 1.21 bits per heavy atom. The lowest BCUT2D eigenvalue weighted by atomic mass is 10.0. The monoisotopic (exact) mass is 526 g/mol. The van der Waals surface area contributed by atoms with E-state index in [1.165, 1.54) is 35.4 Å². The van der Waals surface area contributed by atoms with Crippen molar-refractivity contribution in [3.05, 3.63) is 62.9 Å². The lowest BCUT2D eigenvalue weighted by Gasteiger charge is -2.34. The third kappa shape index (κ3) is 5.63. The van der Waals surface area contributed by atoms with Crippen molar-refractivity contribution in [2.75, 3.05) is 18.8 Å². The molecule has 1 aromatic carbocycles. The minimum Gasteiger partial charge on any atom is -0.417 e. The van der Waals surface area contributed by atoms with Crippen LogP contribution in [0.3, 0.4) is 0 Å². The molecule has 0 aliphatic carbocycles. The van der Waals surface area contributed by atoms with Crippen LogP contribution in [0.25, 0.3) is 10.7 Å². The van der Waals surface area contributed by atoms with Gasteiger partial charge in [-0.15, -0.1) is 34.5 Å². The van der Waals surface area contributed by atoms with Crippen molar-refractivity contribution in [3.8, 4) is 16.5 Å². The molecule has 0 saturated heterocycles. The number of alkyl halides is 2. The Labute approximate surface area is 208 Å². The van der Waals surface area contributed by atoms with E-state index in [4.69, 9.17) is 27.9 Å². The van der Waals surface area contributed by atoms with Gasteiger partial charge in [0.25, 0.3) is 5.56 Å². The molecule has 1 N–H and O–H groups in total. The van der Waals surface area contributed by atoms with Gasteiger partial charge < -0.3 is 14.6 Å². The van der Waals surface area contributed by atoms with Crippen LogP contribution < -0.4 is 10.3 Å². The van der Waals surface area contributed by atoms with E-state index in [0.29, 0.717) is 11.4 Å². The Bertz CT molecular complexity index is 1260. The van der Waals surface area contributed by atoms with E-state index in [9.17, 15) is 18.8 Å². The van der Waals surface area contributed by atoms with Crippen molar-refractivity contribution < 1.29 is 18.7 Å². The van der Waals surface area contributed by atoms with Gasteiger partial charge in [0.1, 0.15) is 34.1 Å². The fourth-order valence-corrected chi connectivity index (χ4v) is 4.16. The molecule has 0 bridgehead atoms. The predicted octanol–water partition coefficient (Wildman–Crippen LogP) is 3.70. The number of H-pyrrole nitrogens is 1. The molecular weight excluding hydrogens is 506 g/mol. The van der Waals surface area contributed by atoms with Gasteiger partial charge in [-0.1, -0.05) is 12.1 Å². The Morgan fingerprint density at radius 3 is 2.50 bits per heavy atom. The second-order valence-corrected chi connectivity index (χ2v) is 9.43. The topological polar surface area (TPSA) is 105 Å². The highest BCUT2D eigenvalue weighted by atomic mass is 35.5. The summed E-state index contributed by atoms with van der Waals surface area (Å²) in [6.07, 6.45) is 2.08. The third-order valence-electron chi connectivity index (χ3n) is 5.16. The molecule has 0 unspecified atom stereocenters. The van der Waals surface area contributed by atoms with E-state index >= 15 is 0 Å². The molecule has 12 heteroatoms. The lowest BCUT2D eigenvalue weighted by Crippen LogP contribution is -2.45. The van der Waals surface area contributed by atoms with Crippen molar-refractivity contribution >= 4 is 46.4 Å². The van der Waals surface area contributed by atoms with Crippen LogP contribution in [-0.2, 0) is 21.5 Å². The van der Waals surface area contributed by atoms with Gasteiger partial charge >= 0.3 is 5.97 Å².